The van der Waals surface area contributed by atoms with Gasteiger partial charge in [-0.25, -0.2) is 0 Å². The lowest BCUT2D eigenvalue weighted by molar-refractivity contribution is 0.103. The number of hydrogen-bond acceptors (Lipinski definition) is 7. The summed E-state index contributed by atoms with van der Waals surface area (Å²) in [6, 6.07) is 11.1. The Morgan fingerprint density at radius 2 is 1.70 bits per heavy atom. The molecule has 8 heteroatoms. The van der Waals surface area contributed by atoms with Crippen molar-refractivity contribution in [3.63, 3.8) is 0 Å². The molecule has 23 heavy (non-hydrogen) atoms. The van der Waals surface area contributed by atoms with Crippen molar-refractivity contribution in [1.82, 2.24) is 19.8 Å². The van der Waals surface area contributed by atoms with E-state index in [4.69, 9.17) is 0 Å². The van der Waals surface area contributed by atoms with E-state index in [2.05, 4.69) is 30.4 Å². The summed E-state index contributed by atoms with van der Waals surface area (Å²) in [7, 11) is 0. The van der Waals surface area contributed by atoms with Gasteiger partial charge >= 0.3 is 0 Å². The van der Waals surface area contributed by atoms with E-state index < -0.39 is 0 Å². The lowest BCUT2D eigenvalue weighted by atomic mass is 10.2. The van der Waals surface area contributed by atoms with Crippen LogP contribution in [0.15, 0.2) is 36.4 Å². The highest BCUT2D eigenvalue weighted by atomic mass is 32.1. The molecule has 7 nitrogen and oxygen atoms in total. The summed E-state index contributed by atoms with van der Waals surface area (Å²) in [5.41, 5.74) is 3.05. The van der Waals surface area contributed by atoms with Crippen molar-refractivity contribution in [2.24, 2.45) is 0 Å². The van der Waals surface area contributed by atoms with Gasteiger partial charge in [-0.1, -0.05) is 4.49 Å². The minimum absolute atomic E-state index is 0.206. The Morgan fingerprint density at radius 3 is 2.30 bits per heavy atom. The first-order chi connectivity index (χ1) is 11.1. The molecule has 0 atom stereocenters. The molecule has 1 amide bonds. The number of benzene rings is 1. The van der Waals surface area contributed by atoms with Crippen LogP contribution < -0.4 is 10.6 Å². The van der Waals surface area contributed by atoms with Gasteiger partial charge < -0.3 is 10.6 Å². The molecule has 2 heterocycles. The van der Waals surface area contributed by atoms with E-state index in [1.807, 2.05) is 43.3 Å². The Morgan fingerprint density at radius 1 is 0.957 bits per heavy atom. The molecule has 3 rings (SSSR count). The van der Waals surface area contributed by atoms with E-state index in [0.29, 0.717) is 22.1 Å². The molecule has 0 bridgehead atoms. The molecule has 1 aromatic carbocycles. The monoisotopic (exact) mass is 326 g/mol. The average molecular weight is 326 g/mol. The summed E-state index contributed by atoms with van der Waals surface area (Å²) < 4.78 is 3.76. The first kappa shape index (κ1) is 15.0. The minimum Gasteiger partial charge on any atom is -0.339 e. The molecular formula is C15H14N6OS. The third-order valence-corrected chi connectivity index (χ3v) is 3.90. The van der Waals surface area contributed by atoms with Crippen LogP contribution in [0.5, 0.6) is 0 Å². The predicted molar refractivity (Wildman–Crippen MR) is 89.1 cm³/mol. The number of aromatic nitrogens is 4. The maximum Gasteiger partial charge on any atom is 0.269 e. The zero-order valence-corrected chi connectivity index (χ0v) is 13.4. The first-order valence-corrected chi connectivity index (χ1v) is 7.67. The summed E-state index contributed by atoms with van der Waals surface area (Å²) in [5.74, 6) is 0.460. The topological polar surface area (TPSA) is 92.7 Å². The highest BCUT2D eigenvalue weighted by Gasteiger charge is 2.13. The summed E-state index contributed by atoms with van der Waals surface area (Å²) in [6.45, 7) is 3.64. The number of hydrogen-bond donors (Lipinski definition) is 2. The Bertz CT molecular complexity index is 813. The van der Waals surface area contributed by atoms with Gasteiger partial charge in [0.1, 0.15) is 4.88 Å². The molecule has 0 spiro atoms. The van der Waals surface area contributed by atoms with Crippen LogP contribution in [0.2, 0.25) is 0 Å². The SMILES string of the molecule is Cc1ccc(Nc2ccc(NC(=O)c3snnc3C)cc2)nn1. The lowest BCUT2D eigenvalue weighted by Gasteiger charge is -2.07. The minimum atomic E-state index is -0.206. The van der Waals surface area contributed by atoms with Crippen LogP contribution >= 0.6 is 11.5 Å². The van der Waals surface area contributed by atoms with E-state index in [0.717, 1.165) is 22.9 Å². The molecule has 2 N–H and O–H groups in total. The summed E-state index contributed by atoms with van der Waals surface area (Å²) in [5, 5.41) is 17.8. The Labute approximate surface area is 136 Å². The summed E-state index contributed by atoms with van der Waals surface area (Å²) in [6.07, 6.45) is 0. The molecule has 116 valence electrons. The smallest absolute Gasteiger partial charge is 0.269 e. The quantitative estimate of drug-likeness (QED) is 0.766. The van der Waals surface area contributed by atoms with Crippen LogP contribution in [0.1, 0.15) is 21.1 Å². The molecule has 0 aliphatic carbocycles. The number of aryl methyl sites for hydroxylation is 2. The fraction of sp³-hybridized carbons (Fsp3) is 0.133. The van der Waals surface area contributed by atoms with Crippen molar-refractivity contribution >= 4 is 34.6 Å². The summed E-state index contributed by atoms with van der Waals surface area (Å²) in [4.78, 5) is 12.6. The molecule has 0 aliphatic heterocycles. The molecule has 0 unspecified atom stereocenters. The van der Waals surface area contributed by atoms with Gasteiger partial charge in [0.25, 0.3) is 5.91 Å². The number of anilines is 3. The Hall–Kier alpha value is -2.87. The van der Waals surface area contributed by atoms with Crippen molar-refractivity contribution in [2.75, 3.05) is 10.6 Å². The van der Waals surface area contributed by atoms with Crippen molar-refractivity contribution in [1.29, 1.82) is 0 Å². The highest BCUT2D eigenvalue weighted by Crippen LogP contribution is 2.19. The van der Waals surface area contributed by atoms with E-state index in [-0.39, 0.29) is 5.91 Å². The van der Waals surface area contributed by atoms with Crippen molar-refractivity contribution in [3.8, 4) is 0 Å². The van der Waals surface area contributed by atoms with Gasteiger partial charge in [-0.2, -0.15) is 5.10 Å². The Balaban J connectivity index is 1.66. The molecule has 0 aliphatic rings. The second-order valence-electron chi connectivity index (χ2n) is 4.90. The van der Waals surface area contributed by atoms with Gasteiger partial charge in [0.2, 0.25) is 0 Å². The first-order valence-electron chi connectivity index (χ1n) is 6.89. The zero-order valence-electron chi connectivity index (χ0n) is 12.6. The van der Waals surface area contributed by atoms with Crippen molar-refractivity contribution in [3.05, 3.63) is 52.7 Å². The largest absolute Gasteiger partial charge is 0.339 e. The number of carbonyl (C=O) groups is 1. The van der Waals surface area contributed by atoms with Gasteiger partial charge in [-0.3, -0.25) is 4.79 Å². The maximum absolute atomic E-state index is 12.1. The highest BCUT2D eigenvalue weighted by molar-refractivity contribution is 7.08. The third-order valence-electron chi connectivity index (χ3n) is 3.07. The van der Waals surface area contributed by atoms with Gasteiger partial charge in [-0.05, 0) is 61.8 Å². The van der Waals surface area contributed by atoms with Crippen LogP contribution in [0.3, 0.4) is 0 Å². The third kappa shape index (κ3) is 3.67. The number of nitrogens with one attached hydrogen (secondary N) is 2. The summed E-state index contributed by atoms with van der Waals surface area (Å²) >= 11 is 1.08. The van der Waals surface area contributed by atoms with Gasteiger partial charge in [0.15, 0.2) is 5.82 Å². The fourth-order valence-electron chi connectivity index (χ4n) is 1.88. The molecule has 0 saturated heterocycles. The van der Waals surface area contributed by atoms with Crippen LogP contribution in [-0.2, 0) is 0 Å². The average Bonchev–Trinajstić information content (AvgIpc) is 2.98. The van der Waals surface area contributed by atoms with Crippen molar-refractivity contribution < 1.29 is 4.79 Å². The molecule has 0 saturated carbocycles. The van der Waals surface area contributed by atoms with Gasteiger partial charge in [0.05, 0.1) is 11.4 Å². The number of nitrogens with zero attached hydrogens (tertiary/aromatic N) is 4. The number of carbonyl (C=O) groups excluding carboxylic acids is 1. The van der Waals surface area contributed by atoms with E-state index in [1.165, 1.54) is 0 Å². The van der Waals surface area contributed by atoms with E-state index >= 15 is 0 Å². The molecule has 0 fully saturated rings. The Kier molecular flexibility index (Phi) is 4.24. The molecule has 0 radical (unpaired) electrons. The van der Waals surface area contributed by atoms with Crippen molar-refractivity contribution in [2.45, 2.75) is 13.8 Å². The number of amides is 1. The normalized spacial score (nSPS) is 10.3. The maximum atomic E-state index is 12.1. The fourth-order valence-corrected chi connectivity index (χ4v) is 2.43. The molecular weight excluding hydrogens is 312 g/mol. The van der Waals surface area contributed by atoms with E-state index in [1.54, 1.807) is 6.92 Å². The second kappa shape index (κ2) is 6.49. The number of rotatable bonds is 4. The van der Waals surface area contributed by atoms with Gasteiger partial charge in [0, 0.05) is 11.4 Å². The predicted octanol–water partition coefficient (Wildman–Crippen LogP) is 2.94. The standard InChI is InChI=1S/C15H14N6OS/c1-9-3-8-13(20-18-9)16-11-4-6-12(7-5-11)17-15(22)14-10(2)19-21-23-14/h3-8H,1-2H3,(H,16,20)(H,17,22). The van der Waals surface area contributed by atoms with Crippen LogP contribution in [0.4, 0.5) is 17.2 Å². The van der Waals surface area contributed by atoms with Crippen LogP contribution in [-0.4, -0.2) is 25.7 Å². The molecule has 2 aromatic heterocycles. The lowest BCUT2D eigenvalue weighted by Crippen LogP contribution is -2.11. The van der Waals surface area contributed by atoms with Crippen LogP contribution in [0.25, 0.3) is 0 Å². The van der Waals surface area contributed by atoms with Gasteiger partial charge in [-0.15, -0.1) is 10.2 Å². The molecule has 3 aromatic rings. The zero-order chi connectivity index (χ0) is 16.2. The van der Waals surface area contributed by atoms with E-state index in [9.17, 15) is 4.79 Å². The second-order valence-corrected chi connectivity index (χ2v) is 5.66. The van der Waals surface area contributed by atoms with Crippen LogP contribution in [0, 0.1) is 13.8 Å².